The average molecular weight is 230 g/mol. The first-order valence-electron chi connectivity index (χ1n) is 5.38. The third kappa shape index (κ3) is 2.29. The van der Waals surface area contributed by atoms with Crippen LogP contribution in [0.4, 0.5) is 0 Å². The monoisotopic (exact) mass is 230 g/mol. The third-order valence-electron chi connectivity index (χ3n) is 2.79. The van der Waals surface area contributed by atoms with Gasteiger partial charge < -0.3 is 10.2 Å². The van der Waals surface area contributed by atoms with Crippen LogP contribution in [0.15, 0.2) is 36.4 Å². The molecule has 17 heavy (non-hydrogen) atoms. The Labute approximate surface area is 99.3 Å². The second-order valence-corrected chi connectivity index (χ2v) is 4.64. The van der Waals surface area contributed by atoms with Gasteiger partial charge in [0.25, 0.3) is 0 Å². The molecule has 0 aromatic heterocycles. The van der Waals surface area contributed by atoms with E-state index in [2.05, 4.69) is 0 Å². The Morgan fingerprint density at radius 3 is 2.24 bits per heavy atom. The zero-order valence-electron chi connectivity index (χ0n) is 9.77. The molecule has 2 rings (SSSR count). The lowest BCUT2D eigenvalue weighted by Gasteiger charge is -2.18. The molecule has 0 aliphatic rings. The molecule has 3 heteroatoms. The number of aromatic carboxylic acids is 1. The van der Waals surface area contributed by atoms with Crippen LogP contribution >= 0.6 is 0 Å². The number of rotatable bonds is 2. The van der Waals surface area contributed by atoms with Gasteiger partial charge in [0, 0.05) is 0 Å². The molecule has 2 aromatic rings. The molecular formula is C14H14O3. The van der Waals surface area contributed by atoms with Crippen molar-refractivity contribution in [2.45, 2.75) is 19.4 Å². The van der Waals surface area contributed by atoms with E-state index in [0.717, 1.165) is 16.3 Å². The molecule has 88 valence electrons. The molecule has 0 heterocycles. The number of benzene rings is 2. The fourth-order valence-corrected chi connectivity index (χ4v) is 1.76. The Hall–Kier alpha value is -1.87. The van der Waals surface area contributed by atoms with E-state index >= 15 is 0 Å². The van der Waals surface area contributed by atoms with Gasteiger partial charge >= 0.3 is 5.97 Å². The van der Waals surface area contributed by atoms with Crippen LogP contribution in [0, 0.1) is 0 Å². The van der Waals surface area contributed by atoms with Gasteiger partial charge in [0.05, 0.1) is 11.2 Å². The minimum absolute atomic E-state index is 0.272. The largest absolute Gasteiger partial charge is 0.478 e. The molecule has 0 aliphatic carbocycles. The molecule has 3 nitrogen and oxygen atoms in total. The van der Waals surface area contributed by atoms with Crippen molar-refractivity contribution in [2.24, 2.45) is 0 Å². The zero-order chi connectivity index (χ0) is 12.6. The molecule has 0 saturated heterocycles. The van der Waals surface area contributed by atoms with Crippen LogP contribution < -0.4 is 0 Å². The smallest absolute Gasteiger partial charge is 0.335 e. The van der Waals surface area contributed by atoms with E-state index in [9.17, 15) is 9.90 Å². The maximum atomic E-state index is 10.8. The van der Waals surface area contributed by atoms with Crippen LogP contribution in [0.1, 0.15) is 29.8 Å². The van der Waals surface area contributed by atoms with E-state index in [1.807, 2.05) is 18.2 Å². The fourth-order valence-electron chi connectivity index (χ4n) is 1.76. The lowest BCUT2D eigenvalue weighted by Crippen LogP contribution is -2.15. The van der Waals surface area contributed by atoms with Gasteiger partial charge in [-0.3, -0.25) is 0 Å². The molecule has 0 radical (unpaired) electrons. The highest BCUT2D eigenvalue weighted by atomic mass is 16.4. The Bertz CT molecular complexity index is 580. The summed E-state index contributed by atoms with van der Waals surface area (Å²) in [5.74, 6) is -0.932. The van der Waals surface area contributed by atoms with E-state index in [0.29, 0.717) is 0 Å². The van der Waals surface area contributed by atoms with Crippen molar-refractivity contribution in [1.82, 2.24) is 0 Å². The summed E-state index contributed by atoms with van der Waals surface area (Å²) in [5, 5.41) is 20.6. The lowest BCUT2D eigenvalue weighted by molar-refractivity contribution is 0.0696. The van der Waals surface area contributed by atoms with Gasteiger partial charge in [-0.05, 0) is 48.4 Å². The van der Waals surface area contributed by atoms with Crippen molar-refractivity contribution in [1.29, 1.82) is 0 Å². The highest BCUT2D eigenvalue weighted by Crippen LogP contribution is 2.25. The Kier molecular flexibility index (Phi) is 2.63. The van der Waals surface area contributed by atoms with Gasteiger partial charge in [0.2, 0.25) is 0 Å². The van der Waals surface area contributed by atoms with Crippen LogP contribution in [0.3, 0.4) is 0 Å². The molecule has 0 spiro atoms. The summed E-state index contributed by atoms with van der Waals surface area (Å²) in [6, 6.07) is 10.5. The number of aliphatic hydroxyl groups is 1. The van der Waals surface area contributed by atoms with E-state index in [1.54, 1.807) is 32.0 Å². The number of hydrogen-bond acceptors (Lipinski definition) is 2. The van der Waals surface area contributed by atoms with E-state index < -0.39 is 11.6 Å². The predicted molar refractivity (Wildman–Crippen MR) is 66.2 cm³/mol. The standard InChI is InChI=1S/C14H14O3/c1-14(2,17)12-6-5-9-7-11(13(15)16)4-3-10(9)8-12/h3-8,17H,1-2H3,(H,15,16). The molecule has 0 aliphatic heterocycles. The first kappa shape index (κ1) is 11.6. The molecule has 2 aromatic carbocycles. The SMILES string of the molecule is CC(C)(O)c1ccc2cc(C(=O)O)ccc2c1. The maximum absolute atomic E-state index is 10.8. The first-order valence-corrected chi connectivity index (χ1v) is 5.38. The maximum Gasteiger partial charge on any atom is 0.335 e. The second-order valence-electron chi connectivity index (χ2n) is 4.64. The summed E-state index contributed by atoms with van der Waals surface area (Å²) in [7, 11) is 0. The van der Waals surface area contributed by atoms with Crippen molar-refractivity contribution < 1.29 is 15.0 Å². The lowest BCUT2D eigenvalue weighted by atomic mass is 9.95. The minimum atomic E-state index is -0.932. The van der Waals surface area contributed by atoms with E-state index in [4.69, 9.17) is 5.11 Å². The van der Waals surface area contributed by atoms with Gasteiger partial charge in [-0.15, -0.1) is 0 Å². The van der Waals surface area contributed by atoms with Gasteiger partial charge in [0.15, 0.2) is 0 Å². The molecular weight excluding hydrogens is 216 g/mol. The van der Waals surface area contributed by atoms with Gasteiger partial charge in [-0.25, -0.2) is 4.79 Å². The summed E-state index contributed by atoms with van der Waals surface area (Å²) >= 11 is 0. The van der Waals surface area contributed by atoms with Crippen molar-refractivity contribution >= 4 is 16.7 Å². The molecule has 0 saturated carbocycles. The highest BCUT2D eigenvalue weighted by Gasteiger charge is 2.16. The van der Waals surface area contributed by atoms with E-state index in [1.165, 1.54) is 0 Å². The van der Waals surface area contributed by atoms with Gasteiger partial charge in [-0.2, -0.15) is 0 Å². The second kappa shape index (κ2) is 3.86. The minimum Gasteiger partial charge on any atom is -0.478 e. The van der Waals surface area contributed by atoms with Gasteiger partial charge in [0.1, 0.15) is 0 Å². The predicted octanol–water partition coefficient (Wildman–Crippen LogP) is 2.77. The summed E-state index contributed by atoms with van der Waals surface area (Å²) in [4.78, 5) is 10.8. The summed E-state index contributed by atoms with van der Waals surface area (Å²) < 4.78 is 0. The number of carbonyl (C=O) groups is 1. The van der Waals surface area contributed by atoms with Crippen molar-refractivity contribution in [3.8, 4) is 0 Å². The summed E-state index contributed by atoms with van der Waals surface area (Å²) in [6.45, 7) is 3.44. The van der Waals surface area contributed by atoms with Crippen LogP contribution in [0.25, 0.3) is 10.8 Å². The van der Waals surface area contributed by atoms with Crippen LogP contribution in [0.2, 0.25) is 0 Å². The Balaban J connectivity index is 2.58. The summed E-state index contributed by atoms with van der Waals surface area (Å²) in [5.41, 5.74) is 0.196. The number of fused-ring (bicyclic) bond motifs is 1. The van der Waals surface area contributed by atoms with Crippen LogP contribution in [-0.2, 0) is 5.60 Å². The van der Waals surface area contributed by atoms with Crippen LogP contribution in [-0.4, -0.2) is 16.2 Å². The Morgan fingerprint density at radius 1 is 1.06 bits per heavy atom. The van der Waals surface area contributed by atoms with Crippen molar-refractivity contribution in [3.05, 3.63) is 47.5 Å². The molecule has 0 unspecified atom stereocenters. The normalized spacial score (nSPS) is 11.7. The summed E-state index contributed by atoms with van der Waals surface area (Å²) in [6.07, 6.45) is 0. The molecule has 0 amide bonds. The zero-order valence-corrected chi connectivity index (χ0v) is 9.77. The topological polar surface area (TPSA) is 57.5 Å². The fraction of sp³-hybridized carbons (Fsp3) is 0.214. The van der Waals surface area contributed by atoms with Gasteiger partial charge in [-0.1, -0.05) is 18.2 Å². The molecule has 2 N–H and O–H groups in total. The van der Waals surface area contributed by atoms with Crippen LogP contribution in [0.5, 0.6) is 0 Å². The molecule has 0 bridgehead atoms. The third-order valence-corrected chi connectivity index (χ3v) is 2.79. The molecule has 0 fully saturated rings. The molecule has 0 atom stereocenters. The first-order chi connectivity index (χ1) is 7.88. The van der Waals surface area contributed by atoms with Crippen molar-refractivity contribution in [2.75, 3.05) is 0 Å². The quantitative estimate of drug-likeness (QED) is 0.834. The number of carboxylic acid groups (broad SMARTS) is 1. The number of hydrogen-bond donors (Lipinski definition) is 2. The number of carboxylic acids is 1. The average Bonchev–Trinajstić information content (AvgIpc) is 2.26. The van der Waals surface area contributed by atoms with Crippen molar-refractivity contribution in [3.63, 3.8) is 0 Å². The Morgan fingerprint density at radius 2 is 1.65 bits per heavy atom. The highest BCUT2D eigenvalue weighted by molar-refractivity contribution is 5.94. The van der Waals surface area contributed by atoms with E-state index in [-0.39, 0.29) is 5.56 Å².